The largest absolute Gasteiger partial charge is 0.494 e. The monoisotopic (exact) mass is 511 g/mol. The Morgan fingerprint density at radius 1 is 1.08 bits per heavy atom. The fraction of sp³-hybridized carbons (Fsp3) is 0.407. The van der Waals surface area contributed by atoms with Crippen molar-refractivity contribution in [3.05, 3.63) is 48.2 Å². The van der Waals surface area contributed by atoms with Crippen LogP contribution < -0.4 is 24.3 Å². The number of nitrogens with zero attached hydrogens (tertiary/aromatic N) is 2. The van der Waals surface area contributed by atoms with Crippen molar-refractivity contribution in [2.45, 2.75) is 32.4 Å². The highest BCUT2D eigenvalue weighted by Gasteiger charge is 2.25. The molecule has 1 atom stereocenters. The average molecular weight is 512 g/mol. The lowest BCUT2D eigenvalue weighted by Crippen LogP contribution is -2.39. The molecule has 10 heteroatoms. The van der Waals surface area contributed by atoms with E-state index in [2.05, 4.69) is 10.5 Å². The van der Waals surface area contributed by atoms with Crippen molar-refractivity contribution in [1.82, 2.24) is 10.1 Å². The highest BCUT2D eigenvalue weighted by Crippen LogP contribution is 2.41. The van der Waals surface area contributed by atoms with Crippen molar-refractivity contribution in [3.8, 4) is 34.3 Å². The first-order valence-corrected chi connectivity index (χ1v) is 12.2. The van der Waals surface area contributed by atoms with Gasteiger partial charge in [-0.05, 0) is 56.2 Å². The Morgan fingerprint density at radius 2 is 1.81 bits per heavy atom. The molecule has 0 saturated carbocycles. The van der Waals surface area contributed by atoms with Crippen LogP contribution in [0.5, 0.6) is 23.0 Å². The first-order chi connectivity index (χ1) is 18.0. The van der Waals surface area contributed by atoms with E-state index >= 15 is 0 Å². The van der Waals surface area contributed by atoms with Gasteiger partial charge in [-0.25, -0.2) is 4.79 Å². The maximum atomic E-state index is 13.3. The van der Waals surface area contributed by atoms with Gasteiger partial charge in [0.2, 0.25) is 5.75 Å². The number of hydrogen-bond acceptors (Lipinski definition) is 8. The minimum absolute atomic E-state index is 0.0208. The smallest absolute Gasteiger partial charge is 0.322 e. The van der Waals surface area contributed by atoms with Gasteiger partial charge in [0.1, 0.15) is 11.4 Å². The van der Waals surface area contributed by atoms with Gasteiger partial charge in [-0.15, -0.1) is 0 Å². The van der Waals surface area contributed by atoms with Gasteiger partial charge >= 0.3 is 6.03 Å². The van der Waals surface area contributed by atoms with Crippen LogP contribution in [0.15, 0.2) is 47.0 Å². The third-order valence-corrected chi connectivity index (χ3v) is 6.01. The van der Waals surface area contributed by atoms with Crippen molar-refractivity contribution in [2.75, 3.05) is 46.4 Å². The molecule has 4 rings (SSSR count). The molecular weight excluding hydrogens is 478 g/mol. The Morgan fingerprint density at radius 3 is 2.41 bits per heavy atom. The first kappa shape index (κ1) is 26.2. The predicted molar refractivity (Wildman–Crippen MR) is 138 cm³/mol. The zero-order valence-electron chi connectivity index (χ0n) is 21.6. The third-order valence-electron chi connectivity index (χ3n) is 6.01. The molecule has 198 valence electrons. The lowest BCUT2D eigenvalue weighted by Gasteiger charge is -2.25. The molecule has 1 saturated heterocycles. The molecule has 1 aliphatic rings. The first-order valence-electron chi connectivity index (χ1n) is 12.2. The van der Waals surface area contributed by atoms with Gasteiger partial charge in [0, 0.05) is 30.5 Å². The molecule has 1 aliphatic heterocycles. The zero-order valence-corrected chi connectivity index (χ0v) is 21.6. The van der Waals surface area contributed by atoms with Crippen molar-refractivity contribution >= 4 is 11.7 Å². The molecule has 0 aliphatic carbocycles. The van der Waals surface area contributed by atoms with Gasteiger partial charge in [-0.2, -0.15) is 0 Å². The number of anilines is 1. The standard InChI is InChI=1S/C27H33N3O7/c1-5-35-21-10-8-19(9-11-21)28-27(31)30(17-22-7-6-12-36-22)16-20-15-23(37-29-20)18-13-24(32-2)26(34-4)25(14-18)33-3/h8-11,13-15,22H,5-7,12,16-17H2,1-4H3,(H,28,31)/t22-/m0/s1. The van der Waals surface area contributed by atoms with Crippen LogP contribution in [0.25, 0.3) is 11.3 Å². The Bertz CT molecular complexity index is 1150. The summed E-state index contributed by atoms with van der Waals surface area (Å²) in [7, 11) is 4.66. The second kappa shape index (κ2) is 12.4. The molecule has 2 heterocycles. The van der Waals surface area contributed by atoms with Crippen LogP contribution in [-0.4, -0.2) is 63.3 Å². The molecule has 3 aromatic rings. The SMILES string of the molecule is CCOc1ccc(NC(=O)N(Cc2cc(-c3cc(OC)c(OC)c(OC)c3)on2)C[C@@H]2CCCO2)cc1. The van der Waals surface area contributed by atoms with Crippen LogP contribution in [-0.2, 0) is 11.3 Å². The van der Waals surface area contributed by atoms with E-state index in [0.29, 0.717) is 59.7 Å². The van der Waals surface area contributed by atoms with E-state index in [1.807, 2.05) is 31.2 Å². The summed E-state index contributed by atoms with van der Waals surface area (Å²) in [4.78, 5) is 14.9. The van der Waals surface area contributed by atoms with Crippen LogP contribution in [0.3, 0.4) is 0 Å². The summed E-state index contributed by atoms with van der Waals surface area (Å²) in [6.07, 6.45) is 1.86. The van der Waals surface area contributed by atoms with Crippen molar-refractivity contribution in [2.24, 2.45) is 0 Å². The fourth-order valence-corrected chi connectivity index (χ4v) is 4.20. The van der Waals surface area contributed by atoms with Crippen LogP contribution >= 0.6 is 0 Å². The molecule has 0 spiro atoms. The molecular formula is C27H33N3O7. The summed E-state index contributed by atoms with van der Waals surface area (Å²) in [5, 5.41) is 7.17. The second-order valence-corrected chi connectivity index (χ2v) is 8.50. The number of ether oxygens (including phenoxy) is 5. The topological polar surface area (TPSA) is 105 Å². The number of rotatable bonds is 11. The molecule has 37 heavy (non-hydrogen) atoms. The number of hydrogen-bond donors (Lipinski definition) is 1. The Labute approximate surface area is 216 Å². The van der Waals surface area contributed by atoms with Gasteiger partial charge in [-0.1, -0.05) is 5.16 Å². The van der Waals surface area contributed by atoms with Crippen molar-refractivity contribution < 1.29 is 33.0 Å². The van der Waals surface area contributed by atoms with E-state index in [4.69, 9.17) is 28.2 Å². The summed E-state index contributed by atoms with van der Waals surface area (Å²) in [5.74, 6) is 2.76. The number of carbonyl (C=O) groups excluding carboxylic acids is 1. The molecule has 0 unspecified atom stereocenters. The Balaban J connectivity index is 1.52. The van der Waals surface area contributed by atoms with Gasteiger partial charge in [0.05, 0.1) is 40.6 Å². The summed E-state index contributed by atoms with van der Waals surface area (Å²) in [6, 6.07) is 12.4. The number of urea groups is 1. The fourth-order valence-electron chi connectivity index (χ4n) is 4.20. The van der Waals surface area contributed by atoms with E-state index in [1.165, 1.54) is 0 Å². The molecule has 1 N–H and O–H groups in total. The number of carbonyl (C=O) groups is 1. The van der Waals surface area contributed by atoms with Crippen LogP contribution in [0.1, 0.15) is 25.5 Å². The second-order valence-electron chi connectivity index (χ2n) is 8.50. The Hall–Kier alpha value is -3.92. The highest BCUT2D eigenvalue weighted by atomic mass is 16.5. The lowest BCUT2D eigenvalue weighted by molar-refractivity contribution is 0.0814. The zero-order chi connectivity index (χ0) is 26.2. The van der Waals surface area contributed by atoms with Crippen LogP contribution in [0.4, 0.5) is 10.5 Å². The lowest BCUT2D eigenvalue weighted by atomic mass is 10.1. The molecule has 2 amide bonds. The average Bonchev–Trinajstić information content (AvgIpc) is 3.61. The summed E-state index contributed by atoms with van der Waals surface area (Å²) < 4.78 is 33.2. The van der Waals surface area contributed by atoms with Gasteiger partial charge in [0.25, 0.3) is 0 Å². The highest BCUT2D eigenvalue weighted by molar-refractivity contribution is 5.89. The number of nitrogens with one attached hydrogen (secondary N) is 1. The molecule has 10 nitrogen and oxygen atoms in total. The van der Waals surface area contributed by atoms with Gasteiger partial charge < -0.3 is 38.4 Å². The number of benzene rings is 2. The maximum Gasteiger partial charge on any atom is 0.322 e. The number of aromatic nitrogens is 1. The molecule has 0 bridgehead atoms. The summed E-state index contributed by atoms with van der Waals surface area (Å²) in [6.45, 7) is 3.90. The van der Waals surface area contributed by atoms with Gasteiger partial charge in [0.15, 0.2) is 17.3 Å². The molecule has 2 aromatic carbocycles. The van der Waals surface area contributed by atoms with E-state index in [-0.39, 0.29) is 18.7 Å². The molecule has 1 aromatic heterocycles. The van der Waals surface area contributed by atoms with Crippen molar-refractivity contribution in [3.63, 3.8) is 0 Å². The minimum Gasteiger partial charge on any atom is -0.494 e. The van der Waals surface area contributed by atoms with E-state index in [1.54, 1.807) is 44.4 Å². The van der Waals surface area contributed by atoms with Crippen LogP contribution in [0, 0.1) is 0 Å². The van der Waals surface area contributed by atoms with Crippen molar-refractivity contribution in [1.29, 1.82) is 0 Å². The normalized spacial score (nSPS) is 14.8. The third kappa shape index (κ3) is 6.45. The number of methoxy groups -OCH3 is 3. The van der Waals surface area contributed by atoms with E-state index in [9.17, 15) is 4.79 Å². The quantitative estimate of drug-likeness (QED) is 0.384. The minimum atomic E-state index is -0.253. The molecule has 1 fully saturated rings. The summed E-state index contributed by atoms with van der Waals surface area (Å²) in [5.41, 5.74) is 1.98. The Kier molecular flexibility index (Phi) is 8.73. The molecule has 0 radical (unpaired) electrons. The van der Waals surface area contributed by atoms with Crippen LogP contribution in [0.2, 0.25) is 0 Å². The number of amides is 2. The van der Waals surface area contributed by atoms with E-state index < -0.39 is 0 Å². The van der Waals surface area contributed by atoms with Gasteiger partial charge in [-0.3, -0.25) is 0 Å². The van der Waals surface area contributed by atoms with E-state index in [0.717, 1.165) is 18.6 Å². The predicted octanol–water partition coefficient (Wildman–Crippen LogP) is 4.98. The maximum absolute atomic E-state index is 13.3. The summed E-state index contributed by atoms with van der Waals surface area (Å²) >= 11 is 0.